The number of rotatable bonds is 0. The molecule has 0 aliphatic carbocycles. The van der Waals surface area contributed by atoms with Crippen molar-refractivity contribution in [1.29, 1.82) is 0 Å². The molecular weight excluding hydrogens is 835 g/mol. The molecule has 0 aromatic rings. The Bertz CT molecular complexity index is 24.0. The van der Waals surface area contributed by atoms with Crippen molar-refractivity contribution in [3.63, 3.8) is 0 Å². The monoisotopic (exact) mass is 836 g/mol. The fourth-order valence-corrected chi connectivity index (χ4v) is 0. The summed E-state index contributed by atoms with van der Waals surface area (Å²) in [7, 11) is 0. The van der Waals surface area contributed by atoms with Crippen molar-refractivity contribution >= 4 is 45.3 Å². The van der Waals surface area contributed by atoms with Gasteiger partial charge in [0.15, 0.2) is 0 Å². The molecule has 0 rings (SSSR count). The van der Waals surface area contributed by atoms with Crippen LogP contribution >= 0.6 is 0 Å². The Morgan fingerprint density at radius 1 is 1.00 bits per heavy atom. The summed E-state index contributed by atoms with van der Waals surface area (Å²) in [5.41, 5.74) is 0. The zero-order valence-corrected chi connectivity index (χ0v) is 25.6. The van der Waals surface area contributed by atoms with Gasteiger partial charge < -0.3 is 0 Å². The van der Waals surface area contributed by atoms with Crippen molar-refractivity contribution in [3.05, 3.63) is 0 Å². The number of hydrogen-bond donors (Lipinski definition) is 0. The zero-order valence-electron chi connectivity index (χ0n) is 4.09. The summed E-state index contributed by atoms with van der Waals surface area (Å²) < 4.78 is 0. The van der Waals surface area contributed by atoms with Gasteiger partial charge in [-0.05, 0) is 0 Å². The van der Waals surface area contributed by atoms with Crippen molar-refractivity contribution in [3.8, 4) is 0 Å². The van der Waals surface area contributed by atoms with Crippen LogP contribution in [0.5, 0.6) is 0 Å². The molecule has 0 unspecified atom stereocenters. The summed E-state index contributed by atoms with van der Waals surface area (Å²) in [4.78, 5) is 0. The van der Waals surface area contributed by atoms with E-state index in [0.29, 0.717) is 0 Å². The first-order chi connectivity index (χ1) is 0. The molecule has 8 heteroatoms. The fraction of sp³-hybridized carbons (Fsp3) is 0. The van der Waals surface area contributed by atoms with Gasteiger partial charge in [0, 0.05) is 171 Å². The Morgan fingerprint density at radius 3 is 1.00 bits per heavy atom. The second kappa shape index (κ2) is 54.6. The van der Waals surface area contributed by atoms with Gasteiger partial charge in [-0.2, -0.15) is 0 Å². The quantitative estimate of drug-likeness (QED) is 0.282. The van der Waals surface area contributed by atoms with Crippen LogP contribution in [-0.2, 0) is 125 Å². The Kier molecular flexibility index (Phi) is 476. The Balaban J connectivity index is 0. The normalized spacial score (nSPS) is 0. The maximum Gasteiger partial charge on any atom is 0 e. The van der Waals surface area contributed by atoms with E-state index < -0.39 is 0 Å². The first-order valence-corrected chi connectivity index (χ1v) is 0. The third kappa shape index (κ3) is 41.9. The average Bonchev–Trinajstić information content (AvgIpc) is 0. The molecule has 0 nitrogen and oxygen atoms in total. The summed E-state index contributed by atoms with van der Waals surface area (Å²) in [5.74, 6) is 0. The predicted molar refractivity (Wildman–Crippen MR) is 11.5 cm³/mol. The molecule has 0 atom stereocenters. The van der Waals surface area contributed by atoms with E-state index in [-0.39, 0.29) is 171 Å². The maximum atomic E-state index is 0. The Morgan fingerprint density at radius 2 is 1.00 bits per heavy atom. The molecule has 0 spiro atoms. The van der Waals surface area contributed by atoms with Crippen LogP contribution in [0.15, 0.2) is 0 Å². The van der Waals surface area contributed by atoms with Gasteiger partial charge in [0.25, 0.3) is 0 Å². The minimum absolute atomic E-state index is 0. The first kappa shape index (κ1) is 69.7. The van der Waals surface area contributed by atoms with Gasteiger partial charge in [-0.25, -0.2) is 0 Å². The molecule has 0 heterocycles. The van der Waals surface area contributed by atoms with Crippen LogP contribution in [0.1, 0.15) is 0 Å². The Labute approximate surface area is 166 Å². The van der Waals surface area contributed by atoms with E-state index >= 15 is 0 Å². The molecule has 0 amide bonds. The fourth-order valence-electron chi connectivity index (χ4n) is 0. The van der Waals surface area contributed by atoms with Crippen LogP contribution < -0.4 is 0 Å². The van der Waals surface area contributed by atoms with E-state index in [1.54, 1.807) is 0 Å². The van der Waals surface area contributed by atoms with Crippen LogP contribution in [0, 0.1) is 0 Å². The topological polar surface area (TPSA) is 0 Å². The van der Waals surface area contributed by atoms with Crippen molar-refractivity contribution in [2.24, 2.45) is 0 Å². The van der Waals surface area contributed by atoms with E-state index in [2.05, 4.69) is 0 Å². The van der Waals surface area contributed by atoms with Crippen LogP contribution in [0.25, 0.3) is 0 Å². The van der Waals surface area contributed by atoms with E-state index in [9.17, 15) is 0 Å². The second-order valence-electron chi connectivity index (χ2n) is 0. The molecule has 0 aliphatic rings. The molecule has 0 aromatic carbocycles. The Hall–Kier alpha value is 5.51. The standard InChI is InChI=1S/As.Cd.Cr.Cu.Hg.Ni.Pb.Zn. The van der Waals surface area contributed by atoms with E-state index in [0.717, 1.165) is 0 Å². The van der Waals surface area contributed by atoms with Crippen LogP contribution in [-0.4, -0.2) is 45.3 Å². The molecule has 42 valence electrons. The molecule has 8 radical (unpaired) electrons. The molecular formula is AsCdCrCuHgNiPbZn. The van der Waals surface area contributed by atoms with Gasteiger partial charge >= 0.3 is 0 Å². The van der Waals surface area contributed by atoms with Gasteiger partial charge in [0.05, 0.1) is 0 Å². The summed E-state index contributed by atoms with van der Waals surface area (Å²) in [5, 5.41) is 0. The summed E-state index contributed by atoms with van der Waals surface area (Å²) in [6, 6.07) is 0. The first-order valence-electron chi connectivity index (χ1n) is 0. The molecule has 0 fully saturated rings. The van der Waals surface area contributed by atoms with Crippen molar-refractivity contribution in [1.82, 2.24) is 0 Å². The van der Waals surface area contributed by atoms with Crippen molar-refractivity contribution in [2.45, 2.75) is 0 Å². The minimum atomic E-state index is 0. The minimum Gasteiger partial charge on any atom is 0 e. The van der Waals surface area contributed by atoms with Crippen molar-refractivity contribution in [2.75, 3.05) is 0 Å². The van der Waals surface area contributed by atoms with Gasteiger partial charge in [-0.1, -0.05) is 0 Å². The van der Waals surface area contributed by atoms with Crippen molar-refractivity contribution < 1.29 is 125 Å². The third-order valence-corrected chi connectivity index (χ3v) is 0. The van der Waals surface area contributed by atoms with Crippen LogP contribution in [0.4, 0.5) is 0 Å². The smallest absolute Gasteiger partial charge is 0 e. The molecule has 0 bridgehead atoms. The summed E-state index contributed by atoms with van der Waals surface area (Å²) >= 11 is 0. The van der Waals surface area contributed by atoms with Gasteiger partial charge in [-0.3, -0.25) is 0 Å². The van der Waals surface area contributed by atoms with E-state index in [4.69, 9.17) is 0 Å². The summed E-state index contributed by atoms with van der Waals surface area (Å²) in [6.45, 7) is 0. The van der Waals surface area contributed by atoms with Crippen LogP contribution in [0.2, 0.25) is 0 Å². The third-order valence-electron chi connectivity index (χ3n) is 0. The SMILES string of the molecule is [As].[Cd].[Cr].[Cu].[Hg].[Ni].[Pb].[Zn]. The predicted octanol–water partition coefficient (Wildman–Crippen LogP) is -0.777. The number of hydrogen-bond acceptors (Lipinski definition) is 0. The molecule has 0 aromatic heterocycles. The van der Waals surface area contributed by atoms with E-state index in [1.165, 1.54) is 0 Å². The van der Waals surface area contributed by atoms with Gasteiger partial charge in [-0.15, -0.1) is 0 Å². The largest absolute Gasteiger partial charge is 0 e. The molecule has 0 N–H and O–H groups in total. The van der Waals surface area contributed by atoms with Crippen LogP contribution in [0.3, 0.4) is 0 Å². The summed E-state index contributed by atoms with van der Waals surface area (Å²) in [6.07, 6.45) is 0. The van der Waals surface area contributed by atoms with E-state index in [1.807, 2.05) is 0 Å². The zero-order chi connectivity index (χ0) is 0. The van der Waals surface area contributed by atoms with Gasteiger partial charge in [0.1, 0.15) is 0 Å². The maximum absolute atomic E-state index is 0. The second-order valence-corrected chi connectivity index (χ2v) is 0. The molecule has 0 saturated heterocycles. The molecule has 0 aliphatic heterocycles. The molecule has 0 saturated carbocycles. The molecule has 8 heavy (non-hydrogen) atoms. The van der Waals surface area contributed by atoms with Gasteiger partial charge in [0.2, 0.25) is 0 Å². The average molecular weight is 835 g/mol.